The molecule has 0 saturated carbocycles. The molecule has 0 aliphatic carbocycles. The van der Waals surface area contributed by atoms with Crippen LogP contribution in [0.5, 0.6) is 0 Å². The lowest BCUT2D eigenvalue weighted by Gasteiger charge is -2.11. The zero-order valence-corrected chi connectivity index (χ0v) is 14.4. The van der Waals surface area contributed by atoms with Crippen LogP contribution < -0.4 is 5.56 Å². The highest BCUT2D eigenvalue weighted by Crippen LogP contribution is 2.33. The van der Waals surface area contributed by atoms with Gasteiger partial charge in [0.2, 0.25) is 0 Å². The predicted molar refractivity (Wildman–Crippen MR) is 98.9 cm³/mol. The SMILES string of the molecule is CSc1nc(-c2ccccc2-c2cccc([N+](=O)[O-])c2)c(C#N)c(=O)[nH]1. The summed E-state index contributed by atoms with van der Waals surface area (Å²) in [6.45, 7) is 0. The molecule has 8 heteroatoms. The van der Waals surface area contributed by atoms with Crippen molar-refractivity contribution in [3.63, 3.8) is 0 Å². The van der Waals surface area contributed by atoms with Crippen LogP contribution in [-0.4, -0.2) is 21.1 Å². The predicted octanol–water partition coefficient (Wildman–Crippen LogP) is 3.61. The monoisotopic (exact) mass is 364 g/mol. The Kier molecular flexibility index (Phi) is 4.82. The van der Waals surface area contributed by atoms with Gasteiger partial charge in [-0.25, -0.2) is 4.98 Å². The summed E-state index contributed by atoms with van der Waals surface area (Å²) in [5.41, 5.74) is 1.41. The second-order valence-electron chi connectivity index (χ2n) is 5.26. The van der Waals surface area contributed by atoms with Crippen LogP contribution in [0.2, 0.25) is 0 Å². The van der Waals surface area contributed by atoms with E-state index < -0.39 is 10.5 Å². The van der Waals surface area contributed by atoms with Gasteiger partial charge in [-0.05, 0) is 17.4 Å². The van der Waals surface area contributed by atoms with Crippen LogP contribution in [0.15, 0.2) is 58.5 Å². The Hall–Kier alpha value is -3.44. The fraction of sp³-hybridized carbons (Fsp3) is 0.0556. The molecule has 26 heavy (non-hydrogen) atoms. The first-order valence-electron chi connectivity index (χ1n) is 7.47. The summed E-state index contributed by atoms with van der Waals surface area (Å²) in [7, 11) is 0. The summed E-state index contributed by atoms with van der Waals surface area (Å²) in [5.74, 6) is 0. The van der Waals surface area contributed by atoms with Crippen molar-refractivity contribution >= 4 is 17.4 Å². The van der Waals surface area contributed by atoms with E-state index in [0.29, 0.717) is 21.8 Å². The van der Waals surface area contributed by atoms with Gasteiger partial charge in [0.15, 0.2) is 5.16 Å². The number of H-pyrrole nitrogens is 1. The molecule has 0 spiro atoms. The molecule has 0 fully saturated rings. The molecule has 1 aromatic heterocycles. The maximum absolute atomic E-state index is 12.2. The van der Waals surface area contributed by atoms with Gasteiger partial charge in [-0.1, -0.05) is 48.2 Å². The molecule has 1 heterocycles. The Morgan fingerprint density at radius 3 is 2.58 bits per heavy atom. The van der Waals surface area contributed by atoms with E-state index in [-0.39, 0.29) is 16.9 Å². The van der Waals surface area contributed by atoms with E-state index in [0.717, 1.165) is 0 Å². The average Bonchev–Trinajstić information content (AvgIpc) is 2.67. The highest BCUT2D eigenvalue weighted by Gasteiger charge is 2.17. The smallest absolute Gasteiger partial charge is 0.270 e. The third-order valence-electron chi connectivity index (χ3n) is 3.75. The molecule has 0 atom stereocenters. The molecule has 0 bridgehead atoms. The molecule has 0 amide bonds. The second kappa shape index (κ2) is 7.21. The highest BCUT2D eigenvalue weighted by molar-refractivity contribution is 7.98. The van der Waals surface area contributed by atoms with Gasteiger partial charge in [0.25, 0.3) is 11.2 Å². The minimum absolute atomic E-state index is 0.0403. The van der Waals surface area contributed by atoms with Crippen molar-refractivity contribution in [2.75, 3.05) is 6.26 Å². The van der Waals surface area contributed by atoms with Gasteiger partial charge in [-0.2, -0.15) is 5.26 Å². The van der Waals surface area contributed by atoms with Crippen LogP contribution in [-0.2, 0) is 0 Å². The number of nitro benzene ring substituents is 1. The standard InChI is InChI=1S/C18H12N4O3S/c1-26-18-20-16(15(10-19)17(23)21-18)14-8-3-2-7-13(14)11-5-4-6-12(9-11)22(24)25/h2-9H,1H3,(H,20,21,23). The molecule has 0 aliphatic rings. The molecule has 7 nitrogen and oxygen atoms in total. The molecule has 3 aromatic rings. The molecule has 1 N–H and O–H groups in total. The number of thioether (sulfide) groups is 1. The fourth-order valence-corrected chi connectivity index (χ4v) is 2.95. The van der Waals surface area contributed by atoms with Crippen LogP contribution >= 0.6 is 11.8 Å². The number of rotatable bonds is 4. The summed E-state index contributed by atoms with van der Waals surface area (Å²) in [6, 6.07) is 15.1. The molecule has 0 radical (unpaired) electrons. The zero-order chi connectivity index (χ0) is 18.7. The van der Waals surface area contributed by atoms with Crippen molar-refractivity contribution in [1.29, 1.82) is 5.26 Å². The summed E-state index contributed by atoms with van der Waals surface area (Å²) in [6.07, 6.45) is 1.76. The number of benzene rings is 2. The van der Waals surface area contributed by atoms with Gasteiger partial charge in [-0.15, -0.1) is 0 Å². The van der Waals surface area contributed by atoms with Crippen LogP contribution in [0, 0.1) is 21.4 Å². The lowest BCUT2D eigenvalue weighted by Crippen LogP contribution is -2.14. The van der Waals surface area contributed by atoms with Crippen molar-refractivity contribution in [2.45, 2.75) is 5.16 Å². The van der Waals surface area contributed by atoms with E-state index in [4.69, 9.17) is 0 Å². The maximum Gasteiger partial charge on any atom is 0.270 e. The van der Waals surface area contributed by atoms with Gasteiger partial charge >= 0.3 is 0 Å². The number of nitriles is 1. The number of aromatic amines is 1. The Labute approximate surface area is 152 Å². The summed E-state index contributed by atoms with van der Waals surface area (Å²) in [5, 5.41) is 20.9. The largest absolute Gasteiger partial charge is 0.300 e. The van der Waals surface area contributed by atoms with Gasteiger partial charge in [0.05, 0.1) is 10.6 Å². The van der Waals surface area contributed by atoms with E-state index >= 15 is 0 Å². The first-order valence-corrected chi connectivity index (χ1v) is 8.70. The quantitative estimate of drug-likeness (QED) is 0.327. The van der Waals surface area contributed by atoms with Crippen LogP contribution in [0.25, 0.3) is 22.4 Å². The van der Waals surface area contributed by atoms with E-state index in [2.05, 4.69) is 9.97 Å². The van der Waals surface area contributed by atoms with Crippen LogP contribution in [0.3, 0.4) is 0 Å². The lowest BCUT2D eigenvalue weighted by molar-refractivity contribution is -0.384. The fourth-order valence-electron chi connectivity index (χ4n) is 2.58. The summed E-state index contributed by atoms with van der Waals surface area (Å²) in [4.78, 5) is 29.7. The lowest BCUT2D eigenvalue weighted by atomic mass is 9.95. The Balaban J connectivity index is 2.29. The zero-order valence-electron chi connectivity index (χ0n) is 13.6. The molecule has 128 valence electrons. The molecular formula is C18H12N4O3S. The minimum atomic E-state index is -0.518. The van der Waals surface area contributed by atoms with Gasteiger partial charge < -0.3 is 4.98 Å². The number of nitrogens with zero attached hydrogens (tertiary/aromatic N) is 3. The normalized spacial score (nSPS) is 10.3. The van der Waals surface area contributed by atoms with Crippen molar-refractivity contribution in [2.24, 2.45) is 0 Å². The van der Waals surface area contributed by atoms with E-state index in [1.54, 1.807) is 42.7 Å². The van der Waals surface area contributed by atoms with Gasteiger partial charge in [-0.3, -0.25) is 14.9 Å². The number of hydrogen-bond acceptors (Lipinski definition) is 6. The third kappa shape index (κ3) is 3.20. The average molecular weight is 364 g/mol. The molecule has 0 saturated heterocycles. The Morgan fingerprint density at radius 1 is 1.19 bits per heavy atom. The number of hydrogen-bond donors (Lipinski definition) is 1. The first-order chi connectivity index (χ1) is 12.5. The van der Waals surface area contributed by atoms with Crippen LogP contribution in [0.1, 0.15) is 5.56 Å². The molecule has 2 aromatic carbocycles. The van der Waals surface area contributed by atoms with Crippen molar-refractivity contribution in [3.05, 3.63) is 74.6 Å². The molecular weight excluding hydrogens is 352 g/mol. The topological polar surface area (TPSA) is 113 Å². The van der Waals surface area contributed by atoms with E-state index in [9.17, 15) is 20.2 Å². The number of non-ortho nitro benzene ring substituents is 1. The molecule has 3 rings (SSSR count). The van der Waals surface area contributed by atoms with Gasteiger partial charge in [0, 0.05) is 17.7 Å². The van der Waals surface area contributed by atoms with Crippen molar-refractivity contribution in [1.82, 2.24) is 9.97 Å². The Morgan fingerprint density at radius 2 is 1.92 bits per heavy atom. The summed E-state index contributed by atoms with van der Waals surface area (Å²) < 4.78 is 0. The number of nitrogens with one attached hydrogen (secondary N) is 1. The highest BCUT2D eigenvalue weighted by atomic mass is 32.2. The maximum atomic E-state index is 12.2. The molecule has 0 unspecified atom stereocenters. The van der Waals surface area contributed by atoms with Crippen molar-refractivity contribution < 1.29 is 4.92 Å². The van der Waals surface area contributed by atoms with Crippen molar-refractivity contribution in [3.8, 4) is 28.5 Å². The molecule has 0 aliphatic heterocycles. The van der Waals surface area contributed by atoms with E-state index in [1.165, 1.54) is 23.9 Å². The second-order valence-corrected chi connectivity index (χ2v) is 6.06. The minimum Gasteiger partial charge on any atom is -0.300 e. The number of aromatic nitrogens is 2. The van der Waals surface area contributed by atoms with Crippen LogP contribution in [0.4, 0.5) is 5.69 Å². The first kappa shape index (κ1) is 17.4. The third-order valence-corrected chi connectivity index (χ3v) is 4.33. The van der Waals surface area contributed by atoms with E-state index in [1.807, 2.05) is 6.07 Å². The summed E-state index contributed by atoms with van der Waals surface area (Å²) >= 11 is 1.25. The van der Waals surface area contributed by atoms with Gasteiger partial charge in [0.1, 0.15) is 11.6 Å². The number of nitro groups is 1. The Bertz CT molecular complexity index is 1100.